The summed E-state index contributed by atoms with van der Waals surface area (Å²) < 4.78 is 0. The smallest absolute Gasteiger partial charge is 0.0113 e. The summed E-state index contributed by atoms with van der Waals surface area (Å²) in [6.45, 7) is 3.69. The van der Waals surface area contributed by atoms with E-state index in [1.54, 1.807) is 0 Å². The Morgan fingerprint density at radius 1 is 0.842 bits per heavy atom. The molecular weight excluding hydrogens is 232 g/mol. The van der Waals surface area contributed by atoms with Crippen LogP contribution in [0.1, 0.15) is 71.1 Å². The summed E-state index contributed by atoms with van der Waals surface area (Å²) in [6, 6.07) is 2.45. The molecule has 2 heteroatoms. The Labute approximate surface area is 119 Å². The van der Waals surface area contributed by atoms with Gasteiger partial charge in [0.05, 0.1) is 0 Å². The third-order valence-electron chi connectivity index (χ3n) is 5.89. The van der Waals surface area contributed by atoms with Crippen molar-refractivity contribution < 1.29 is 0 Å². The minimum absolute atomic E-state index is 0.814. The molecule has 2 aliphatic carbocycles. The van der Waals surface area contributed by atoms with Gasteiger partial charge >= 0.3 is 0 Å². The van der Waals surface area contributed by atoms with Gasteiger partial charge in [-0.2, -0.15) is 0 Å². The van der Waals surface area contributed by atoms with Crippen molar-refractivity contribution in [2.24, 2.45) is 11.8 Å². The molecule has 1 aliphatic heterocycles. The first-order valence-electron chi connectivity index (χ1n) is 8.82. The molecule has 3 rings (SSSR count). The van der Waals surface area contributed by atoms with Crippen LogP contribution in [0.2, 0.25) is 0 Å². The topological polar surface area (TPSA) is 24.1 Å². The van der Waals surface area contributed by atoms with Crippen molar-refractivity contribution in [1.82, 2.24) is 10.6 Å². The number of nitrogens with one attached hydrogen (secondary N) is 2. The molecule has 0 spiro atoms. The van der Waals surface area contributed by atoms with Gasteiger partial charge in [0.1, 0.15) is 0 Å². The first-order chi connectivity index (χ1) is 9.33. The fourth-order valence-electron chi connectivity index (χ4n) is 4.71. The maximum absolute atomic E-state index is 4.07. The van der Waals surface area contributed by atoms with E-state index in [9.17, 15) is 0 Å². The van der Waals surface area contributed by atoms with E-state index in [1.165, 1.54) is 70.8 Å². The van der Waals surface area contributed by atoms with Crippen molar-refractivity contribution in [3.8, 4) is 0 Å². The Morgan fingerprint density at radius 3 is 2.58 bits per heavy atom. The molecule has 5 atom stereocenters. The second-order valence-electron chi connectivity index (χ2n) is 7.38. The molecule has 1 heterocycles. The second kappa shape index (κ2) is 6.58. The average Bonchev–Trinajstić information content (AvgIpc) is 3.02. The predicted octanol–water partition coefficient (Wildman–Crippen LogP) is 3.47. The van der Waals surface area contributed by atoms with Crippen LogP contribution in [0.25, 0.3) is 0 Å². The van der Waals surface area contributed by atoms with Crippen LogP contribution in [0.4, 0.5) is 0 Å². The molecule has 0 bridgehead atoms. The van der Waals surface area contributed by atoms with Crippen LogP contribution in [0.5, 0.6) is 0 Å². The zero-order valence-corrected chi connectivity index (χ0v) is 12.7. The Bertz CT molecular complexity index is 272. The molecule has 2 saturated carbocycles. The van der Waals surface area contributed by atoms with E-state index < -0.39 is 0 Å². The summed E-state index contributed by atoms with van der Waals surface area (Å²) in [5, 5.41) is 7.81. The lowest BCUT2D eigenvalue weighted by Gasteiger charge is -2.30. The highest BCUT2D eigenvalue weighted by atomic mass is 15.0. The Kier molecular flexibility index (Phi) is 4.81. The van der Waals surface area contributed by atoms with Gasteiger partial charge in [-0.3, -0.25) is 0 Å². The standard InChI is InChI=1S/C17H32N2/c1-13-5-2-6-14(11-10-13)19-17-8-3-7-15(17)16-9-4-12-18-16/h13-19H,2-12H2,1H3. The van der Waals surface area contributed by atoms with Crippen LogP contribution >= 0.6 is 0 Å². The molecule has 0 amide bonds. The van der Waals surface area contributed by atoms with E-state index >= 15 is 0 Å². The van der Waals surface area contributed by atoms with Crippen molar-refractivity contribution in [1.29, 1.82) is 0 Å². The minimum Gasteiger partial charge on any atom is -0.314 e. The Balaban J connectivity index is 1.52. The summed E-state index contributed by atoms with van der Waals surface area (Å²) in [4.78, 5) is 0. The second-order valence-corrected chi connectivity index (χ2v) is 7.38. The normalized spacial score (nSPS) is 44.4. The molecule has 110 valence electrons. The third kappa shape index (κ3) is 3.52. The van der Waals surface area contributed by atoms with Crippen molar-refractivity contribution >= 4 is 0 Å². The number of hydrogen-bond acceptors (Lipinski definition) is 2. The van der Waals surface area contributed by atoms with Crippen LogP contribution in [-0.4, -0.2) is 24.7 Å². The van der Waals surface area contributed by atoms with Crippen LogP contribution in [-0.2, 0) is 0 Å². The summed E-state index contributed by atoms with van der Waals surface area (Å²) >= 11 is 0. The molecule has 0 aromatic rings. The molecule has 0 aromatic heterocycles. The van der Waals surface area contributed by atoms with Gasteiger partial charge in [-0.1, -0.05) is 26.2 Å². The SMILES string of the molecule is CC1CCCC(NC2CCCC2C2CCCN2)CC1. The monoisotopic (exact) mass is 264 g/mol. The van der Waals surface area contributed by atoms with Gasteiger partial charge in [-0.25, -0.2) is 0 Å². The van der Waals surface area contributed by atoms with E-state index in [4.69, 9.17) is 0 Å². The van der Waals surface area contributed by atoms with E-state index in [0.29, 0.717) is 0 Å². The van der Waals surface area contributed by atoms with E-state index in [2.05, 4.69) is 17.6 Å². The lowest BCUT2D eigenvalue weighted by atomic mass is 9.92. The van der Waals surface area contributed by atoms with Gasteiger partial charge in [0, 0.05) is 18.1 Å². The molecule has 19 heavy (non-hydrogen) atoms. The van der Waals surface area contributed by atoms with Crippen LogP contribution in [0.3, 0.4) is 0 Å². The highest BCUT2D eigenvalue weighted by Crippen LogP contribution is 2.33. The van der Waals surface area contributed by atoms with Crippen molar-refractivity contribution in [2.45, 2.75) is 89.3 Å². The fraction of sp³-hybridized carbons (Fsp3) is 1.00. The zero-order chi connectivity index (χ0) is 13.1. The van der Waals surface area contributed by atoms with E-state index in [0.717, 1.165) is 30.0 Å². The molecule has 3 aliphatic rings. The van der Waals surface area contributed by atoms with Gasteiger partial charge in [0.25, 0.3) is 0 Å². The highest BCUT2D eigenvalue weighted by molar-refractivity contribution is 4.94. The summed E-state index contributed by atoms with van der Waals surface area (Å²) in [7, 11) is 0. The molecule has 2 nitrogen and oxygen atoms in total. The predicted molar refractivity (Wildman–Crippen MR) is 81.3 cm³/mol. The maximum atomic E-state index is 4.07. The van der Waals surface area contributed by atoms with Crippen molar-refractivity contribution in [3.63, 3.8) is 0 Å². The summed E-state index contributed by atoms with van der Waals surface area (Å²) in [5.41, 5.74) is 0. The molecule has 1 saturated heterocycles. The van der Waals surface area contributed by atoms with Crippen LogP contribution < -0.4 is 10.6 Å². The highest BCUT2D eigenvalue weighted by Gasteiger charge is 2.35. The summed E-state index contributed by atoms with van der Waals surface area (Å²) in [5.74, 6) is 1.88. The van der Waals surface area contributed by atoms with Gasteiger partial charge in [0.15, 0.2) is 0 Å². The maximum Gasteiger partial charge on any atom is 0.0113 e. The van der Waals surface area contributed by atoms with Crippen LogP contribution in [0.15, 0.2) is 0 Å². The molecule has 0 aromatic carbocycles. The lowest BCUT2D eigenvalue weighted by molar-refractivity contribution is 0.286. The summed E-state index contributed by atoms with van der Waals surface area (Å²) in [6.07, 6.45) is 14.3. The van der Waals surface area contributed by atoms with Crippen molar-refractivity contribution in [2.75, 3.05) is 6.54 Å². The first kappa shape index (κ1) is 13.9. The largest absolute Gasteiger partial charge is 0.314 e. The fourth-order valence-corrected chi connectivity index (χ4v) is 4.71. The Morgan fingerprint density at radius 2 is 1.74 bits per heavy atom. The van der Waals surface area contributed by atoms with Crippen molar-refractivity contribution in [3.05, 3.63) is 0 Å². The quantitative estimate of drug-likeness (QED) is 0.763. The van der Waals surface area contributed by atoms with Crippen LogP contribution in [0, 0.1) is 11.8 Å². The first-order valence-corrected chi connectivity index (χ1v) is 8.82. The van der Waals surface area contributed by atoms with E-state index in [1.807, 2.05) is 0 Å². The van der Waals surface area contributed by atoms with Gasteiger partial charge in [0.2, 0.25) is 0 Å². The molecule has 2 N–H and O–H groups in total. The molecule has 0 radical (unpaired) electrons. The van der Waals surface area contributed by atoms with Gasteiger partial charge < -0.3 is 10.6 Å². The number of rotatable bonds is 3. The molecule has 5 unspecified atom stereocenters. The minimum atomic E-state index is 0.814. The van der Waals surface area contributed by atoms with Gasteiger partial charge in [-0.05, 0) is 63.3 Å². The van der Waals surface area contributed by atoms with E-state index in [-0.39, 0.29) is 0 Å². The average molecular weight is 264 g/mol. The Hall–Kier alpha value is -0.0800. The molecular formula is C17H32N2. The molecule has 3 fully saturated rings. The number of hydrogen-bond donors (Lipinski definition) is 2. The van der Waals surface area contributed by atoms with Gasteiger partial charge in [-0.15, -0.1) is 0 Å². The lowest BCUT2D eigenvalue weighted by Crippen LogP contribution is -2.46. The zero-order valence-electron chi connectivity index (χ0n) is 12.7. The third-order valence-corrected chi connectivity index (χ3v) is 5.89.